The molecule has 7 heteroatoms. The number of nitrogens with two attached hydrogens (primary N) is 1. The summed E-state index contributed by atoms with van der Waals surface area (Å²) in [6.45, 7) is 4.66. The second-order valence-corrected chi connectivity index (χ2v) is 7.32. The Morgan fingerprint density at radius 1 is 0.857 bits per heavy atom. The third-order valence-electron chi connectivity index (χ3n) is 5.58. The Bertz CT molecular complexity index is 612. The topological polar surface area (TPSA) is 45.0 Å². The molecule has 3 rings (SSSR count). The number of hydrogen-bond donors (Lipinski definition) is 2. The molecule has 3 nitrogen and oxygen atoms in total. The van der Waals surface area contributed by atoms with Crippen LogP contribution >= 0.6 is 49.6 Å². The number of nitrogens with zero attached hydrogens (tertiary/aromatic N) is 1. The maximum Gasteiger partial charge on any atom is 0.0456 e. The van der Waals surface area contributed by atoms with Crippen molar-refractivity contribution in [3.05, 3.63) is 36.0 Å². The molecule has 1 fully saturated rings. The summed E-state index contributed by atoms with van der Waals surface area (Å²) >= 11 is 0. The van der Waals surface area contributed by atoms with Crippen molar-refractivity contribution in [1.82, 2.24) is 9.88 Å². The molecule has 0 unspecified atom stereocenters. The molecule has 1 aliphatic rings. The first-order chi connectivity index (χ1) is 11.9. The van der Waals surface area contributed by atoms with Gasteiger partial charge < -0.3 is 15.6 Å². The summed E-state index contributed by atoms with van der Waals surface area (Å²) in [5.41, 5.74) is 8.35. The molecular formula is C21H37Cl4N3. The molecule has 0 saturated carbocycles. The number of aromatic amines is 1. The monoisotopic (exact) mass is 471 g/mol. The van der Waals surface area contributed by atoms with Crippen molar-refractivity contribution >= 4 is 60.5 Å². The predicted molar refractivity (Wildman–Crippen MR) is 132 cm³/mol. The Morgan fingerprint density at radius 3 is 2.14 bits per heavy atom. The summed E-state index contributed by atoms with van der Waals surface area (Å²) in [5, 5.41) is 1.42. The number of likely N-dealkylation sites (tertiary alicyclic amines) is 1. The molecular weight excluding hydrogens is 436 g/mol. The van der Waals surface area contributed by atoms with E-state index in [-0.39, 0.29) is 49.6 Å². The molecule has 0 radical (unpaired) electrons. The zero-order valence-corrected chi connectivity index (χ0v) is 19.9. The number of nitrogens with one attached hydrogen (secondary N) is 1. The summed E-state index contributed by atoms with van der Waals surface area (Å²) in [6, 6.07) is 8.71. The van der Waals surface area contributed by atoms with Gasteiger partial charge in [-0.1, -0.05) is 43.9 Å². The third kappa shape index (κ3) is 8.69. The number of aromatic nitrogens is 1. The summed E-state index contributed by atoms with van der Waals surface area (Å²) in [7, 11) is 0. The lowest BCUT2D eigenvalue weighted by Crippen LogP contribution is -2.33. The average molecular weight is 473 g/mol. The molecule has 0 spiro atoms. The van der Waals surface area contributed by atoms with E-state index in [0.29, 0.717) is 0 Å². The molecule has 0 atom stereocenters. The van der Waals surface area contributed by atoms with Gasteiger partial charge in [0.2, 0.25) is 0 Å². The molecule has 0 amide bonds. The summed E-state index contributed by atoms with van der Waals surface area (Å²) in [6.07, 6.45) is 12.8. The Kier molecular flexibility index (Phi) is 17.8. The zero-order chi connectivity index (χ0) is 16.6. The van der Waals surface area contributed by atoms with Gasteiger partial charge in [0.15, 0.2) is 0 Å². The van der Waals surface area contributed by atoms with Crippen LogP contribution in [0.15, 0.2) is 30.5 Å². The lowest BCUT2D eigenvalue weighted by molar-refractivity contribution is 0.208. The Balaban J connectivity index is 0. The highest BCUT2D eigenvalue weighted by Gasteiger charge is 2.22. The van der Waals surface area contributed by atoms with E-state index >= 15 is 0 Å². The largest absolute Gasteiger partial charge is 0.361 e. The molecule has 1 saturated heterocycles. The summed E-state index contributed by atoms with van der Waals surface area (Å²) < 4.78 is 0. The highest BCUT2D eigenvalue weighted by atomic mass is 35.5. The van der Waals surface area contributed by atoms with Crippen LogP contribution in [-0.4, -0.2) is 36.1 Å². The Morgan fingerprint density at radius 2 is 1.46 bits per heavy atom. The molecule has 1 aromatic heterocycles. The van der Waals surface area contributed by atoms with E-state index in [4.69, 9.17) is 5.73 Å². The van der Waals surface area contributed by atoms with Gasteiger partial charge in [-0.3, -0.25) is 0 Å². The quantitative estimate of drug-likeness (QED) is 0.418. The third-order valence-corrected chi connectivity index (χ3v) is 5.58. The van der Waals surface area contributed by atoms with Gasteiger partial charge in [-0.25, -0.2) is 0 Å². The van der Waals surface area contributed by atoms with Crippen LogP contribution in [0.1, 0.15) is 62.8 Å². The van der Waals surface area contributed by atoms with Crippen molar-refractivity contribution in [1.29, 1.82) is 0 Å². The summed E-state index contributed by atoms with van der Waals surface area (Å²) in [5.74, 6) is 0.730. The minimum absolute atomic E-state index is 0. The molecule has 0 aliphatic carbocycles. The van der Waals surface area contributed by atoms with Crippen LogP contribution in [0.25, 0.3) is 10.9 Å². The van der Waals surface area contributed by atoms with Crippen LogP contribution in [0, 0.1) is 0 Å². The zero-order valence-electron chi connectivity index (χ0n) is 16.6. The lowest BCUT2D eigenvalue weighted by atomic mass is 9.89. The second-order valence-electron chi connectivity index (χ2n) is 7.32. The van der Waals surface area contributed by atoms with E-state index in [1.165, 1.54) is 87.5 Å². The van der Waals surface area contributed by atoms with Gasteiger partial charge in [-0.15, -0.1) is 49.6 Å². The van der Waals surface area contributed by atoms with Gasteiger partial charge >= 0.3 is 0 Å². The highest BCUT2D eigenvalue weighted by Crippen LogP contribution is 2.33. The molecule has 1 aromatic carbocycles. The van der Waals surface area contributed by atoms with Crippen LogP contribution in [0.3, 0.4) is 0 Å². The number of halogens is 4. The van der Waals surface area contributed by atoms with Crippen LogP contribution in [0.4, 0.5) is 0 Å². The lowest BCUT2D eigenvalue weighted by Gasteiger charge is -2.32. The second kappa shape index (κ2) is 16.6. The van der Waals surface area contributed by atoms with E-state index in [0.717, 1.165) is 12.5 Å². The van der Waals surface area contributed by atoms with E-state index in [9.17, 15) is 0 Å². The van der Waals surface area contributed by atoms with Crippen LogP contribution in [0.5, 0.6) is 0 Å². The van der Waals surface area contributed by atoms with E-state index < -0.39 is 0 Å². The predicted octanol–water partition coefficient (Wildman–Crippen LogP) is 6.33. The molecule has 28 heavy (non-hydrogen) atoms. The van der Waals surface area contributed by atoms with Crippen molar-refractivity contribution in [2.45, 2.75) is 57.3 Å². The van der Waals surface area contributed by atoms with Crippen LogP contribution in [0.2, 0.25) is 0 Å². The number of unbranched alkanes of at least 4 members (excludes halogenated alkanes) is 5. The Hall–Kier alpha value is -0.160. The van der Waals surface area contributed by atoms with Crippen molar-refractivity contribution in [2.24, 2.45) is 5.73 Å². The van der Waals surface area contributed by atoms with Gasteiger partial charge in [0.25, 0.3) is 0 Å². The average Bonchev–Trinajstić information content (AvgIpc) is 3.06. The van der Waals surface area contributed by atoms with Gasteiger partial charge in [0.1, 0.15) is 0 Å². The first kappa shape index (κ1) is 30.0. The fourth-order valence-corrected chi connectivity index (χ4v) is 4.09. The molecule has 0 bridgehead atoms. The number of piperidine rings is 1. The number of H-pyrrole nitrogens is 1. The standard InChI is InChI=1S/C21H33N3.4ClH/c22-13-7-3-1-2-4-8-14-24-15-11-18(12-16-24)20-17-23-21-10-6-5-9-19(20)21;;;;/h5-6,9-10,17-18,23H,1-4,7-8,11-16,22H2;4*1H. The van der Waals surface area contributed by atoms with E-state index in [1.807, 2.05) is 0 Å². The number of hydrogen-bond acceptors (Lipinski definition) is 2. The van der Waals surface area contributed by atoms with Crippen molar-refractivity contribution in [3.8, 4) is 0 Å². The van der Waals surface area contributed by atoms with Crippen molar-refractivity contribution in [3.63, 3.8) is 0 Å². The fraction of sp³-hybridized carbons (Fsp3) is 0.619. The molecule has 2 aromatic rings. The first-order valence-corrected chi connectivity index (χ1v) is 9.87. The van der Waals surface area contributed by atoms with Crippen LogP contribution in [-0.2, 0) is 0 Å². The maximum atomic E-state index is 5.54. The molecule has 1 aliphatic heterocycles. The fourth-order valence-electron chi connectivity index (χ4n) is 4.09. The molecule has 3 N–H and O–H groups in total. The van der Waals surface area contributed by atoms with Crippen molar-refractivity contribution in [2.75, 3.05) is 26.2 Å². The van der Waals surface area contributed by atoms with E-state index in [2.05, 4.69) is 40.3 Å². The number of para-hydroxylation sites is 1. The van der Waals surface area contributed by atoms with Gasteiger partial charge in [0.05, 0.1) is 0 Å². The number of benzene rings is 1. The first-order valence-electron chi connectivity index (χ1n) is 9.87. The SMILES string of the molecule is Cl.Cl.Cl.Cl.NCCCCCCCCN1CCC(c2c[nH]c3ccccc23)CC1. The van der Waals surface area contributed by atoms with Crippen molar-refractivity contribution < 1.29 is 0 Å². The highest BCUT2D eigenvalue weighted by molar-refractivity contribution is 5.86. The van der Waals surface area contributed by atoms with Crippen LogP contribution < -0.4 is 5.73 Å². The normalized spacial score (nSPS) is 14.5. The number of fused-ring (bicyclic) bond motifs is 1. The number of rotatable bonds is 9. The van der Waals surface area contributed by atoms with Gasteiger partial charge in [-0.2, -0.15) is 0 Å². The minimum Gasteiger partial charge on any atom is -0.361 e. The maximum absolute atomic E-state index is 5.54. The van der Waals surface area contributed by atoms with E-state index in [1.54, 1.807) is 0 Å². The van der Waals surface area contributed by atoms with Gasteiger partial charge in [-0.05, 0) is 69.4 Å². The minimum atomic E-state index is 0. The van der Waals surface area contributed by atoms with Gasteiger partial charge in [0, 0.05) is 17.1 Å². The molecule has 164 valence electrons. The Labute approximate surface area is 195 Å². The molecule has 2 heterocycles. The summed E-state index contributed by atoms with van der Waals surface area (Å²) in [4.78, 5) is 6.11. The smallest absolute Gasteiger partial charge is 0.0456 e.